The molecule has 3 aromatic carbocycles. The van der Waals surface area contributed by atoms with Crippen LogP contribution < -0.4 is 10.6 Å². The Bertz CT molecular complexity index is 824. The third kappa shape index (κ3) is 4.60. The SMILES string of the molecule is C[C@H](NC(=O)NCCCc1ccccc1)c1cccc2ccccc12. The molecule has 3 heteroatoms. The number of urea groups is 1. The van der Waals surface area contributed by atoms with Crippen LogP contribution in [0.3, 0.4) is 0 Å². The molecule has 0 bridgehead atoms. The van der Waals surface area contributed by atoms with E-state index in [0.717, 1.165) is 18.4 Å². The van der Waals surface area contributed by atoms with Crippen LogP contribution in [-0.2, 0) is 6.42 Å². The summed E-state index contributed by atoms with van der Waals surface area (Å²) in [6.45, 7) is 2.69. The number of aryl methyl sites for hydroxylation is 1. The van der Waals surface area contributed by atoms with Crippen LogP contribution in [0.2, 0.25) is 0 Å². The van der Waals surface area contributed by atoms with Gasteiger partial charge in [-0.2, -0.15) is 0 Å². The Morgan fingerprint density at radius 3 is 2.48 bits per heavy atom. The van der Waals surface area contributed by atoms with Gasteiger partial charge < -0.3 is 10.6 Å². The van der Waals surface area contributed by atoms with Crippen LogP contribution >= 0.6 is 0 Å². The second kappa shape index (κ2) is 8.34. The van der Waals surface area contributed by atoms with Crippen LogP contribution in [0.4, 0.5) is 4.79 Å². The van der Waals surface area contributed by atoms with Gasteiger partial charge in [0.05, 0.1) is 6.04 Å². The van der Waals surface area contributed by atoms with Gasteiger partial charge in [0.15, 0.2) is 0 Å². The molecule has 0 aliphatic heterocycles. The number of fused-ring (bicyclic) bond motifs is 1. The maximum absolute atomic E-state index is 12.2. The van der Waals surface area contributed by atoms with Crippen molar-refractivity contribution < 1.29 is 4.79 Å². The minimum Gasteiger partial charge on any atom is -0.338 e. The van der Waals surface area contributed by atoms with Gasteiger partial charge in [0.2, 0.25) is 0 Å². The van der Waals surface area contributed by atoms with Gasteiger partial charge in [-0.05, 0) is 41.7 Å². The first-order valence-electron chi connectivity index (χ1n) is 8.80. The molecule has 0 unspecified atom stereocenters. The average Bonchev–Trinajstić information content (AvgIpc) is 2.65. The zero-order chi connectivity index (χ0) is 17.5. The topological polar surface area (TPSA) is 41.1 Å². The number of nitrogens with one attached hydrogen (secondary N) is 2. The Kier molecular flexibility index (Phi) is 5.68. The van der Waals surface area contributed by atoms with Crippen LogP contribution in [0.15, 0.2) is 72.8 Å². The summed E-state index contributed by atoms with van der Waals surface area (Å²) in [5.74, 6) is 0. The van der Waals surface area contributed by atoms with Crippen LogP contribution in [0.1, 0.15) is 30.5 Å². The minimum atomic E-state index is -0.117. The number of carbonyl (C=O) groups excluding carboxylic acids is 1. The average molecular weight is 332 g/mol. The first-order chi connectivity index (χ1) is 12.2. The molecule has 3 rings (SSSR count). The van der Waals surface area contributed by atoms with Crippen molar-refractivity contribution in [2.45, 2.75) is 25.8 Å². The number of hydrogen-bond acceptors (Lipinski definition) is 1. The van der Waals surface area contributed by atoms with E-state index in [-0.39, 0.29) is 12.1 Å². The highest BCUT2D eigenvalue weighted by atomic mass is 16.2. The van der Waals surface area contributed by atoms with E-state index in [2.05, 4.69) is 47.0 Å². The Morgan fingerprint density at radius 1 is 0.920 bits per heavy atom. The lowest BCUT2D eigenvalue weighted by Crippen LogP contribution is -2.37. The second-order valence-electron chi connectivity index (χ2n) is 6.28. The van der Waals surface area contributed by atoms with E-state index in [1.807, 2.05) is 43.3 Å². The Balaban J connectivity index is 1.50. The van der Waals surface area contributed by atoms with Crippen molar-refractivity contribution in [2.24, 2.45) is 0 Å². The largest absolute Gasteiger partial charge is 0.338 e. The van der Waals surface area contributed by atoms with Gasteiger partial charge in [-0.25, -0.2) is 4.79 Å². The fraction of sp³-hybridized carbons (Fsp3) is 0.227. The third-order valence-electron chi connectivity index (χ3n) is 4.41. The van der Waals surface area contributed by atoms with E-state index >= 15 is 0 Å². The van der Waals surface area contributed by atoms with Gasteiger partial charge in [-0.1, -0.05) is 72.8 Å². The Hall–Kier alpha value is -2.81. The van der Waals surface area contributed by atoms with Crippen molar-refractivity contribution in [1.82, 2.24) is 10.6 Å². The molecule has 0 aromatic heterocycles. The summed E-state index contributed by atoms with van der Waals surface area (Å²) >= 11 is 0. The van der Waals surface area contributed by atoms with E-state index in [1.54, 1.807) is 0 Å². The number of carbonyl (C=O) groups is 1. The van der Waals surface area contributed by atoms with E-state index < -0.39 is 0 Å². The highest BCUT2D eigenvalue weighted by Crippen LogP contribution is 2.23. The standard InChI is InChI=1S/C22H24N2O/c1-17(20-15-7-13-19-12-5-6-14-21(19)20)24-22(25)23-16-8-11-18-9-3-2-4-10-18/h2-7,9-10,12-15,17H,8,11,16H2,1H3,(H2,23,24,25)/t17-/m0/s1. The maximum atomic E-state index is 12.2. The lowest BCUT2D eigenvalue weighted by Gasteiger charge is -2.17. The molecule has 25 heavy (non-hydrogen) atoms. The molecular weight excluding hydrogens is 308 g/mol. The molecular formula is C22H24N2O. The number of benzene rings is 3. The summed E-state index contributed by atoms with van der Waals surface area (Å²) < 4.78 is 0. The van der Waals surface area contributed by atoms with Crippen molar-refractivity contribution in [3.05, 3.63) is 83.9 Å². The smallest absolute Gasteiger partial charge is 0.315 e. The highest BCUT2D eigenvalue weighted by molar-refractivity contribution is 5.86. The second-order valence-corrected chi connectivity index (χ2v) is 6.28. The summed E-state index contributed by atoms with van der Waals surface area (Å²) in [6.07, 6.45) is 1.90. The van der Waals surface area contributed by atoms with Gasteiger partial charge in [0, 0.05) is 6.54 Å². The summed E-state index contributed by atoms with van der Waals surface area (Å²) in [5.41, 5.74) is 2.44. The molecule has 0 heterocycles. The molecule has 0 spiro atoms. The molecule has 3 aromatic rings. The number of amides is 2. The van der Waals surface area contributed by atoms with E-state index in [9.17, 15) is 4.79 Å². The molecule has 0 aliphatic rings. The van der Waals surface area contributed by atoms with Gasteiger partial charge in [-0.3, -0.25) is 0 Å². The first-order valence-corrected chi connectivity index (χ1v) is 8.80. The van der Waals surface area contributed by atoms with Crippen LogP contribution in [0.25, 0.3) is 10.8 Å². The van der Waals surface area contributed by atoms with Crippen molar-refractivity contribution in [1.29, 1.82) is 0 Å². The van der Waals surface area contributed by atoms with Gasteiger partial charge in [0.1, 0.15) is 0 Å². The normalized spacial score (nSPS) is 11.9. The molecule has 128 valence electrons. The quantitative estimate of drug-likeness (QED) is 0.624. The molecule has 2 amide bonds. The van der Waals surface area contributed by atoms with Crippen molar-refractivity contribution >= 4 is 16.8 Å². The molecule has 0 radical (unpaired) electrons. The number of rotatable bonds is 6. The zero-order valence-electron chi connectivity index (χ0n) is 14.5. The number of hydrogen-bond donors (Lipinski definition) is 2. The summed E-state index contributed by atoms with van der Waals surface area (Å²) in [7, 11) is 0. The van der Waals surface area contributed by atoms with E-state index in [1.165, 1.54) is 16.3 Å². The summed E-state index contributed by atoms with van der Waals surface area (Å²) in [6, 6.07) is 24.6. The summed E-state index contributed by atoms with van der Waals surface area (Å²) in [5, 5.41) is 8.36. The lowest BCUT2D eigenvalue weighted by atomic mass is 10.00. The molecule has 0 saturated carbocycles. The molecule has 0 saturated heterocycles. The summed E-state index contributed by atoms with van der Waals surface area (Å²) in [4.78, 5) is 12.2. The molecule has 3 nitrogen and oxygen atoms in total. The fourth-order valence-corrected chi connectivity index (χ4v) is 3.09. The van der Waals surface area contributed by atoms with Crippen LogP contribution in [-0.4, -0.2) is 12.6 Å². The van der Waals surface area contributed by atoms with Crippen LogP contribution in [0, 0.1) is 0 Å². The highest BCUT2D eigenvalue weighted by Gasteiger charge is 2.11. The van der Waals surface area contributed by atoms with E-state index in [0.29, 0.717) is 6.54 Å². The van der Waals surface area contributed by atoms with Crippen molar-refractivity contribution in [2.75, 3.05) is 6.54 Å². The zero-order valence-corrected chi connectivity index (χ0v) is 14.5. The Morgan fingerprint density at radius 2 is 1.64 bits per heavy atom. The third-order valence-corrected chi connectivity index (χ3v) is 4.41. The van der Waals surface area contributed by atoms with Gasteiger partial charge >= 0.3 is 6.03 Å². The predicted octanol–water partition coefficient (Wildman–Crippen LogP) is 4.83. The minimum absolute atomic E-state index is 0.0415. The van der Waals surface area contributed by atoms with Crippen molar-refractivity contribution in [3.8, 4) is 0 Å². The lowest BCUT2D eigenvalue weighted by molar-refractivity contribution is 0.238. The molecule has 2 N–H and O–H groups in total. The monoisotopic (exact) mass is 332 g/mol. The fourth-order valence-electron chi connectivity index (χ4n) is 3.09. The van der Waals surface area contributed by atoms with Crippen molar-refractivity contribution in [3.63, 3.8) is 0 Å². The van der Waals surface area contributed by atoms with Crippen LogP contribution in [0.5, 0.6) is 0 Å². The molecule has 0 fully saturated rings. The Labute approximate surface area is 149 Å². The molecule has 0 aliphatic carbocycles. The van der Waals surface area contributed by atoms with E-state index in [4.69, 9.17) is 0 Å². The van der Waals surface area contributed by atoms with Gasteiger partial charge in [-0.15, -0.1) is 0 Å². The maximum Gasteiger partial charge on any atom is 0.315 e. The first kappa shape index (κ1) is 17.0. The predicted molar refractivity (Wildman–Crippen MR) is 104 cm³/mol. The van der Waals surface area contributed by atoms with Gasteiger partial charge in [0.25, 0.3) is 0 Å². The molecule has 1 atom stereocenters.